The number of hydrogen-bond donors (Lipinski definition) is 2. The number of anilines is 2. The number of fused-ring (bicyclic) bond motifs is 1. The molecular formula is C21H23N3O6. The fraction of sp³-hybridized carbons (Fsp3) is 0.381. The maximum atomic E-state index is 12.4. The zero-order valence-electron chi connectivity index (χ0n) is 16.7. The van der Waals surface area contributed by atoms with Crippen LogP contribution in [0.5, 0.6) is 0 Å². The predicted molar refractivity (Wildman–Crippen MR) is 107 cm³/mol. The van der Waals surface area contributed by atoms with Crippen LogP contribution in [-0.2, 0) is 28.7 Å². The Hall–Kier alpha value is -3.49. The minimum absolute atomic E-state index is 0.210. The molecule has 1 heterocycles. The zero-order valence-corrected chi connectivity index (χ0v) is 16.7. The zero-order chi connectivity index (χ0) is 21.8. The lowest BCUT2D eigenvalue weighted by atomic mass is 9.85. The Morgan fingerprint density at radius 1 is 1.00 bits per heavy atom. The van der Waals surface area contributed by atoms with Gasteiger partial charge in [0, 0.05) is 18.3 Å². The van der Waals surface area contributed by atoms with Gasteiger partial charge >= 0.3 is 5.97 Å². The summed E-state index contributed by atoms with van der Waals surface area (Å²) in [5, 5.41) is 5.20. The summed E-state index contributed by atoms with van der Waals surface area (Å²) in [6.45, 7) is 2.28. The summed E-state index contributed by atoms with van der Waals surface area (Å²) in [5.74, 6) is -3.18. The highest BCUT2D eigenvalue weighted by molar-refractivity contribution is 6.07. The van der Waals surface area contributed by atoms with Crippen LogP contribution in [-0.4, -0.2) is 47.1 Å². The van der Waals surface area contributed by atoms with Crippen molar-refractivity contribution in [1.29, 1.82) is 0 Å². The molecule has 1 fully saturated rings. The number of carbonyl (C=O) groups is 5. The van der Waals surface area contributed by atoms with E-state index >= 15 is 0 Å². The van der Waals surface area contributed by atoms with E-state index in [1.54, 1.807) is 24.3 Å². The van der Waals surface area contributed by atoms with Gasteiger partial charge in [-0.3, -0.25) is 28.9 Å². The van der Waals surface area contributed by atoms with Crippen molar-refractivity contribution in [3.8, 4) is 0 Å². The molecule has 3 atom stereocenters. The first-order valence-corrected chi connectivity index (χ1v) is 9.64. The van der Waals surface area contributed by atoms with Crippen LogP contribution < -0.4 is 10.6 Å². The van der Waals surface area contributed by atoms with Gasteiger partial charge in [0.1, 0.15) is 6.54 Å². The highest BCUT2D eigenvalue weighted by atomic mass is 16.5. The van der Waals surface area contributed by atoms with E-state index in [4.69, 9.17) is 4.74 Å². The number of esters is 1. The molecule has 0 saturated carbocycles. The maximum Gasteiger partial charge on any atom is 0.326 e. The average molecular weight is 413 g/mol. The van der Waals surface area contributed by atoms with Crippen LogP contribution in [0.4, 0.5) is 11.4 Å². The Labute approximate surface area is 173 Å². The van der Waals surface area contributed by atoms with E-state index in [0.29, 0.717) is 24.2 Å². The highest BCUT2D eigenvalue weighted by Crippen LogP contribution is 2.34. The monoisotopic (exact) mass is 413 g/mol. The summed E-state index contributed by atoms with van der Waals surface area (Å²) in [6, 6.07) is 6.42. The van der Waals surface area contributed by atoms with E-state index in [0.717, 1.165) is 4.90 Å². The molecule has 0 spiro atoms. The molecule has 0 bridgehead atoms. The third-order valence-electron chi connectivity index (χ3n) is 5.04. The van der Waals surface area contributed by atoms with E-state index in [-0.39, 0.29) is 17.7 Å². The Kier molecular flexibility index (Phi) is 6.29. The fourth-order valence-corrected chi connectivity index (χ4v) is 3.53. The van der Waals surface area contributed by atoms with Gasteiger partial charge < -0.3 is 15.4 Å². The van der Waals surface area contributed by atoms with E-state index in [1.165, 1.54) is 13.8 Å². The van der Waals surface area contributed by atoms with Crippen LogP contribution in [0.15, 0.2) is 36.4 Å². The maximum absolute atomic E-state index is 12.4. The van der Waals surface area contributed by atoms with Gasteiger partial charge in [-0.15, -0.1) is 0 Å². The first kappa shape index (κ1) is 21.2. The van der Waals surface area contributed by atoms with E-state index in [2.05, 4.69) is 10.6 Å². The molecule has 1 saturated heterocycles. The number of rotatable bonds is 6. The van der Waals surface area contributed by atoms with Crippen molar-refractivity contribution in [2.75, 3.05) is 17.2 Å². The van der Waals surface area contributed by atoms with Crippen molar-refractivity contribution in [1.82, 2.24) is 4.90 Å². The number of amides is 4. The number of nitrogens with one attached hydrogen (secondary N) is 2. The summed E-state index contributed by atoms with van der Waals surface area (Å²) in [7, 11) is 0. The molecule has 4 amide bonds. The smallest absolute Gasteiger partial charge is 0.326 e. The number of carbonyl (C=O) groups excluding carboxylic acids is 5. The molecule has 0 aromatic heterocycles. The van der Waals surface area contributed by atoms with Gasteiger partial charge in [0.2, 0.25) is 17.7 Å². The van der Waals surface area contributed by atoms with E-state index < -0.39 is 36.4 Å². The first-order chi connectivity index (χ1) is 14.3. The molecule has 2 N–H and O–H groups in total. The number of ether oxygens (including phenoxy) is 1. The van der Waals surface area contributed by atoms with Crippen molar-refractivity contribution in [2.45, 2.75) is 32.8 Å². The number of benzene rings is 1. The van der Waals surface area contributed by atoms with Crippen LogP contribution in [0.25, 0.3) is 0 Å². The molecule has 2 aliphatic rings. The molecule has 1 aliphatic carbocycles. The molecule has 0 radical (unpaired) electrons. The second-order valence-corrected chi connectivity index (χ2v) is 7.30. The molecule has 3 rings (SSSR count). The minimum Gasteiger partial charge on any atom is -0.451 e. The molecule has 1 aromatic carbocycles. The van der Waals surface area contributed by atoms with Gasteiger partial charge in [0.05, 0.1) is 11.8 Å². The SMILES string of the molecule is CC(=O)Nc1ccc(NC(=O)[C@@H](C)OC(=O)CN2C(=O)[C@H]3CC=CC[C@@H]3C2=O)cc1. The molecule has 1 aromatic rings. The Balaban J connectivity index is 1.51. The number of hydrogen-bond acceptors (Lipinski definition) is 6. The van der Waals surface area contributed by atoms with Crippen molar-refractivity contribution in [3.63, 3.8) is 0 Å². The van der Waals surface area contributed by atoms with Gasteiger partial charge in [-0.05, 0) is 44.0 Å². The van der Waals surface area contributed by atoms with Gasteiger partial charge in [0.25, 0.3) is 5.91 Å². The highest BCUT2D eigenvalue weighted by Gasteiger charge is 2.47. The lowest BCUT2D eigenvalue weighted by molar-refractivity contribution is -0.158. The van der Waals surface area contributed by atoms with Crippen molar-refractivity contribution < 1.29 is 28.7 Å². The largest absolute Gasteiger partial charge is 0.451 e. The van der Waals surface area contributed by atoms with E-state index in [1.807, 2.05) is 12.2 Å². The Bertz CT molecular complexity index is 882. The topological polar surface area (TPSA) is 122 Å². The van der Waals surface area contributed by atoms with E-state index in [9.17, 15) is 24.0 Å². The minimum atomic E-state index is -1.12. The number of nitrogens with zero attached hydrogens (tertiary/aromatic N) is 1. The molecule has 1 aliphatic heterocycles. The van der Waals surface area contributed by atoms with Gasteiger partial charge in [-0.25, -0.2) is 0 Å². The predicted octanol–water partition coefficient (Wildman–Crippen LogP) is 1.47. The summed E-state index contributed by atoms with van der Waals surface area (Å²) >= 11 is 0. The molecule has 0 unspecified atom stereocenters. The average Bonchev–Trinajstić information content (AvgIpc) is 2.94. The molecule has 9 nitrogen and oxygen atoms in total. The fourth-order valence-electron chi connectivity index (χ4n) is 3.53. The lowest BCUT2D eigenvalue weighted by Crippen LogP contribution is -2.39. The van der Waals surface area contributed by atoms with Crippen molar-refractivity contribution in [3.05, 3.63) is 36.4 Å². The molecule has 9 heteroatoms. The van der Waals surface area contributed by atoms with Gasteiger partial charge in [-0.1, -0.05) is 12.2 Å². The Morgan fingerprint density at radius 2 is 1.50 bits per heavy atom. The quantitative estimate of drug-likeness (QED) is 0.414. The number of likely N-dealkylation sites (tertiary alicyclic amines) is 1. The summed E-state index contributed by atoms with van der Waals surface area (Å²) in [6.07, 6.45) is 3.58. The van der Waals surface area contributed by atoms with Crippen LogP contribution in [0, 0.1) is 11.8 Å². The summed E-state index contributed by atoms with van der Waals surface area (Å²) in [4.78, 5) is 61.2. The van der Waals surface area contributed by atoms with Crippen molar-refractivity contribution >= 4 is 41.0 Å². The van der Waals surface area contributed by atoms with Crippen LogP contribution in [0.1, 0.15) is 26.7 Å². The van der Waals surface area contributed by atoms with Crippen molar-refractivity contribution in [2.24, 2.45) is 11.8 Å². The number of imide groups is 1. The molecular weight excluding hydrogens is 390 g/mol. The number of allylic oxidation sites excluding steroid dienone is 2. The molecule has 158 valence electrons. The normalized spacial score (nSPS) is 21.1. The second-order valence-electron chi connectivity index (χ2n) is 7.30. The summed E-state index contributed by atoms with van der Waals surface area (Å²) < 4.78 is 5.10. The third-order valence-corrected chi connectivity index (χ3v) is 5.04. The molecule has 30 heavy (non-hydrogen) atoms. The van der Waals surface area contributed by atoms with Crippen LogP contribution >= 0.6 is 0 Å². The first-order valence-electron chi connectivity index (χ1n) is 9.64. The van der Waals surface area contributed by atoms with Gasteiger partial charge in [0.15, 0.2) is 6.10 Å². The summed E-state index contributed by atoms with van der Waals surface area (Å²) in [5.41, 5.74) is 1.04. The third kappa shape index (κ3) is 4.73. The van der Waals surface area contributed by atoms with Crippen LogP contribution in [0.2, 0.25) is 0 Å². The second kappa shape index (κ2) is 8.89. The lowest BCUT2D eigenvalue weighted by Gasteiger charge is -2.17. The standard InChI is InChI=1S/C21H23N3O6/c1-12(19(27)23-15-9-7-14(8-10-15)22-13(2)25)30-18(26)11-24-20(28)16-5-3-4-6-17(16)21(24)29/h3-4,7-10,12,16-17H,5-6,11H2,1-2H3,(H,22,25)(H,23,27)/t12-,16+,17+/m1/s1. The van der Waals surface area contributed by atoms with Gasteiger partial charge in [-0.2, -0.15) is 0 Å². The Morgan fingerprint density at radius 3 is 2.00 bits per heavy atom. The van der Waals surface area contributed by atoms with Crippen LogP contribution in [0.3, 0.4) is 0 Å².